The van der Waals surface area contributed by atoms with Gasteiger partial charge >= 0.3 is 6.03 Å². The van der Waals surface area contributed by atoms with Crippen molar-refractivity contribution < 1.29 is 13.2 Å². The van der Waals surface area contributed by atoms with Gasteiger partial charge in [-0.15, -0.1) is 0 Å². The molecule has 1 aromatic carbocycles. The summed E-state index contributed by atoms with van der Waals surface area (Å²) >= 11 is 6.21. The van der Waals surface area contributed by atoms with Crippen LogP contribution in [0.25, 0.3) is 0 Å². The topological polar surface area (TPSA) is 101 Å². The summed E-state index contributed by atoms with van der Waals surface area (Å²) in [5.74, 6) is 0.162. The van der Waals surface area contributed by atoms with Crippen molar-refractivity contribution in [2.24, 2.45) is 0 Å². The van der Waals surface area contributed by atoms with Crippen molar-refractivity contribution in [2.75, 3.05) is 5.32 Å². The minimum atomic E-state index is -4.12. The van der Waals surface area contributed by atoms with Gasteiger partial charge in [0.2, 0.25) is 0 Å². The van der Waals surface area contributed by atoms with Crippen LogP contribution in [0.3, 0.4) is 0 Å². The fourth-order valence-electron chi connectivity index (χ4n) is 2.68. The molecule has 0 aliphatic heterocycles. The van der Waals surface area contributed by atoms with Crippen LogP contribution < -0.4 is 10.0 Å². The van der Waals surface area contributed by atoms with E-state index in [2.05, 4.69) is 15.3 Å². The first kappa shape index (κ1) is 21.1. The van der Waals surface area contributed by atoms with E-state index in [9.17, 15) is 13.2 Å². The van der Waals surface area contributed by atoms with Crippen LogP contribution in [-0.2, 0) is 10.0 Å². The van der Waals surface area contributed by atoms with E-state index in [1.165, 1.54) is 6.20 Å². The molecule has 27 heavy (non-hydrogen) atoms. The lowest BCUT2D eigenvalue weighted by Crippen LogP contribution is -2.35. The van der Waals surface area contributed by atoms with Crippen LogP contribution in [0.4, 0.5) is 10.5 Å². The van der Waals surface area contributed by atoms with E-state index in [0.717, 1.165) is 17.5 Å². The maximum absolute atomic E-state index is 12.5. The summed E-state index contributed by atoms with van der Waals surface area (Å²) in [5.41, 5.74) is 2.57. The number of rotatable bonds is 5. The van der Waals surface area contributed by atoms with Gasteiger partial charge in [0.25, 0.3) is 10.0 Å². The first-order chi connectivity index (χ1) is 12.5. The number of anilines is 1. The van der Waals surface area contributed by atoms with E-state index >= 15 is 0 Å². The molecule has 1 aromatic heterocycles. The van der Waals surface area contributed by atoms with Crippen LogP contribution in [0.2, 0.25) is 5.02 Å². The molecule has 0 saturated heterocycles. The molecule has 0 unspecified atom stereocenters. The molecular weight excluding hydrogens is 388 g/mol. The van der Waals surface area contributed by atoms with Crippen molar-refractivity contribution in [3.05, 3.63) is 46.4 Å². The predicted octanol–water partition coefficient (Wildman–Crippen LogP) is 4.20. The Morgan fingerprint density at radius 3 is 2.15 bits per heavy atom. The van der Waals surface area contributed by atoms with Crippen molar-refractivity contribution in [3.8, 4) is 0 Å². The average Bonchev–Trinajstić information content (AvgIpc) is 2.55. The zero-order valence-corrected chi connectivity index (χ0v) is 17.4. The summed E-state index contributed by atoms with van der Waals surface area (Å²) < 4.78 is 26.9. The molecule has 0 aliphatic rings. The Balaban J connectivity index is 2.37. The molecule has 2 aromatic rings. The van der Waals surface area contributed by atoms with Gasteiger partial charge in [-0.05, 0) is 42.0 Å². The van der Waals surface area contributed by atoms with E-state index < -0.39 is 16.1 Å². The van der Waals surface area contributed by atoms with Gasteiger partial charge in [-0.1, -0.05) is 39.3 Å². The summed E-state index contributed by atoms with van der Waals surface area (Å²) in [6.45, 7) is 9.44. The van der Waals surface area contributed by atoms with E-state index in [4.69, 9.17) is 11.6 Å². The highest BCUT2D eigenvalue weighted by molar-refractivity contribution is 7.90. The summed E-state index contributed by atoms with van der Waals surface area (Å²) in [4.78, 5) is 20.0. The van der Waals surface area contributed by atoms with E-state index in [1.807, 2.05) is 32.4 Å². The maximum atomic E-state index is 12.5. The monoisotopic (exact) mass is 410 g/mol. The second-order valence-electron chi connectivity index (χ2n) is 6.84. The number of hydrogen-bond acceptors (Lipinski definition) is 5. The molecule has 2 amide bonds. The quantitative estimate of drug-likeness (QED) is 0.719. The number of sulfonamides is 1. The van der Waals surface area contributed by atoms with Crippen LogP contribution in [0, 0.1) is 6.92 Å². The Bertz CT molecular complexity index is 930. The smallest absolute Gasteiger partial charge is 0.307 e. The summed E-state index contributed by atoms with van der Waals surface area (Å²) in [7, 11) is -4.12. The molecule has 2 N–H and O–H groups in total. The van der Waals surface area contributed by atoms with Gasteiger partial charge in [0, 0.05) is 22.5 Å². The average molecular weight is 411 g/mol. The van der Waals surface area contributed by atoms with Gasteiger partial charge in [0.1, 0.15) is 6.33 Å². The molecule has 0 radical (unpaired) electrons. The molecule has 1 heterocycles. The summed E-state index contributed by atoms with van der Waals surface area (Å²) in [5, 5.41) is 3.01. The predicted molar refractivity (Wildman–Crippen MR) is 106 cm³/mol. The third-order valence-corrected chi connectivity index (χ3v) is 5.58. The highest BCUT2D eigenvalue weighted by atomic mass is 35.5. The van der Waals surface area contributed by atoms with Gasteiger partial charge in [0.05, 0.1) is 0 Å². The number of benzene rings is 1. The number of aryl methyl sites for hydroxylation is 1. The molecule has 0 atom stereocenters. The van der Waals surface area contributed by atoms with Crippen LogP contribution in [0.15, 0.2) is 29.7 Å². The normalized spacial score (nSPS) is 11.7. The number of halogens is 1. The molecule has 0 spiro atoms. The first-order valence-electron chi connectivity index (χ1n) is 8.46. The number of nitrogens with zero attached hydrogens (tertiary/aromatic N) is 2. The van der Waals surface area contributed by atoms with Crippen LogP contribution in [-0.4, -0.2) is 24.4 Å². The summed E-state index contributed by atoms with van der Waals surface area (Å²) in [6.07, 6.45) is 2.48. The van der Waals surface area contributed by atoms with E-state index in [0.29, 0.717) is 16.3 Å². The largest absolute Gasteiger partial charge is 0.333 e. The van der Waals surface area contributed by atoms with Crippen LogP contribution in [0.5, 0.6) is 0 Å². The number of aromatic nitrogens is 2. The van der Waals surface area contributed by atoms with Gasteiger partial charge < -0.3 is 5.32 Å². The second-order valence-corrected chi connectivity index (χ2v) is 8.87. The second kappa shape index (κ2) is 8.22. The standard InChI is InChI=1S/C18H23ClN4O3S/c1-10(2)14-6-13(19)7-15(11(3)4)16(14)22-18(24)23-27(25,26)17-12(5)8-20-9-21-17/h6-11H,1-5H3,(H2,22,23,24). The number of nitrogens with one attached hydrogen (secondary N) is 2. The van der Waals surface area contributed by atoms with E-state index in [1.54, 1.807) is 19.1 Å². The SMILES string of the molecule is Cc1cncnc1S(=O)(=O)NC(=O)Nc1c(C(C)C)cc(Cl)cc1C(C)C. The number of urea groups is 1. The fourth-order valence-corrected chi connectivity index (χ4v) is 3.97. The molecule has 0 bridgehead atoms. The highest BCUT2D eigenvalue weighted by Gasteiger charge is 2.23. The van der Waals surface area contributed by atoms with Crippen molar-refractivity contribution >= 4 is 33.3 Å². The molecule has 7 nitrogen and oxygen atoms in total. The Labute approximate surface area is 164 Å². The van der Waals surface area contributed by atoms with Crippen LogP contribution in [0.1, 0.15) is 56.2 Å². The van der Waals surface area contributed by atoms with Gasteiger partial charge in [-0.2, -0.15) is 8.42 Å². The first-order valence-corrected chi connectivity index (χ1v) is 10.3. The van der Waals surface area contributed by atoms with Crippen molar-refractivity contribution in [1.29, 1.82) is 0 Å². The van der Waals surface area contributed by atoms with Crippen molar-refractivity contribution in [2.45, 2.75) is 51.5 Å². The van der Waals surface area contributed by atoms with Crippen molar-refractivity contribution in [1.82, 2.24) is 14.7 Å². The van der Waals surface area contributed by atoms with Gasteiger partial charge in [-0.3, -0.25) is 0 Å². The fraction of sp³-hybridized carbons (Fsp3) is 0.389. The summed E-state index contributed by atoms with van der Waals surface area (Å²) in [6, 6.07) is 2.69. The number of hydrogen-bond donors (Lipinski definition) is 2. The minimum absolute atomic E-state index is 0.0808. The van der Waals surface area contributed by atoms with Gasteiger partial charge in [-0.25, -0.2) is 19.5 Å². The molecular formula is C18H23ClN4O3S. The zero-order chi connectivity index (χ0) is 20.4. The molecule has 0 saturated carbocycles. The third-order valence-electron chi connectivity index (χ3n) is 3.98. The Morgan fingerprint density at radius 2 is 1.67 bits per heavy atom. The molecule has 0 fully saturated rings. The number of carbonyl (C=O) groups is 1. The van der Waals surface area contributed by atoms with Crippen LogP contribution >= 0.6 is 11.6 Å². The number of carbonyl (C=O) groups excluding carboxylic acids is 1. The lowest BCUT2D eigenvalue weighted by molar-refractivity contribution is 0.256. The molecule has 146 valence electrons. The maximum Gasteiger partial charge on any atom is 0.333 e. The molecule has 9 heteroatoms. The minimum Gasteiger partial charge on any atom is -0.307 e. The highest BCUT2D eigenvalue weighted by Crippen LogP contribution is 2.35. The third kappa shape index (κ3) is 4.95. The molecule has 0 aliphatic carbocycles. The number of amides is 2. The van der Waals surface area contributed by atoms with Crippen molar-refractivity contribution in [3.63, 3.8) is 0 Å². The Kier molecular flexibility index (Phi) is 6.43. The Morgan fingerprint density at radius 1 is 1.11 bits per heavy atom. The lowest BCUT2D eigenvalue weighted by atomic mass is 9.92. The van der Waals surface area contributed by atoms with Gasteiger partial charge in [0.15, 0.2) is 5.03 Å². The molecule has 2 rings (SSSR count). The Hall–Kier alpha value is -2.19. The zero-order valence-electron chi connectivity index (χ0n) is 15.9. The van der Waals surface area contributed by atoms with E-state index in [-0.39, 0.29) is 16.9 Å². The lowest BCUT2D eigenvalue weighted by Gasteiger charge is -2.21.